The van der Waals surface area contributed by atoms with E-state index in [9.17, 15) is 9.59 Å². The average molecular weight is 285 g/mol. The fraction of sp³-hybridized carbons (Fsp3) is 0.500. The van der Waals surface area contributed by atoms with Crippen LogP contribution in [0, 0.1) is 0 Å². The second kappa shape index (κ2) is 4.84. The summed E-state index contributed by atoms with van der Waals surface area (Å²) in [6.45, 7) is 3.76. The Morgan fingerprint density at radius 1 is 1.19 bits per heavy atom. The predicted octanol–water partition coefficient (Wildman–Crippen LogP) is 0.737. The third-order valence-corrected chi connectivity index (χ3v) is 4.87. The maximum absolute atomic E-state index is 12.7. The van der Waals surface area contributed by atoms with Gasteiger partial charge in [-0.3, -0.25) is 9.59 Å². The molecule has 5 heteroatoms. The minimum atomic E-state index is 0.101. The number of nitrogens with one attached hydrogen (secondary N) is 1. The van der Waals surface area contributed by atoms with Gasteiger partial charge in [-0.25, -0.2) is 0 Å². The molecule has 3 aliphatic rings. The fourth-order valence-corrected chi connectivity index (χ4v) is 3.66. The smallest absolute Gasteiger partial charge is 0.253 e. The second-order valence-corrected chi connectivity index (χ2v) is 6.12. The van der Waals surface area contributed by atoms with Gasteiger partial charge in [0.05, 0.1) is 0 Å². The number of hydrogen-bond acceptors (Lipinski definition) is 3. The maximum Gasteiger partial charge on any atom is 0.253 e. The SMILES string of the molecule is O=C(c1ccc2c(c1)CNC2)N1CCN2C(=O)CCC2C1. The van der Waals surface area contributed by atoms with Crippen molar-refractivity contribution in [2.75, 3.05) is 19.6 Å². The Labute approximate surface area is 123 Å². The summed E-state index contributed by atoms with van der Waals surface area (Å²) in [5, 5.41) is 3.30. The monoisotopic (exact) mass is 285 g/mol. The number of carbonyl (C=O) groups is 2. The highest BCUT2D eigenvalue weighted by Crippen LogP contribution is 2.24. The number of amides is 2. The van der Waals surface area contributed by atoms with Crippen LogP contribution in [0.25, 0.3) is 0 Å². The topological polar surface area (TPSA) is 52.7 Å². The first-order chi connectivity index (χ1) is 10.2. The Kier molecular flexibility index (Phi) is 2.96. The molecule has 0 saturated carbocycles. The lowest BCUT2D eigenvalue weighted by Crippen LogP contribution is -2.53. The first-order valence-corrected chi connectivity index (χ1v) is 7.63. The number of benzene rings is 1. The van der Waals surface area contributed by atoms with E-state index < -0.39 is 0 Å². The molecule has 5 nitrogen and oxygen atoms in total. The van der Waals surface area contributed by atoms with E-state index in [1.54, 1.807) is 0 Å². The Morgan fingerprint density at radius 2 is 2.05 bits per heavy atom. The summed E-state index contributed by atoms with van der Waals surface area (Å²) in [6, 6.07) is 6.23. The minimum absolute atomic E-state index is 0.101. The summed E-state index contributed by atoms with van der Waals surface area (Å²) < 4.78 is 0. The van der Waals surface area contributed by atoms with E-state index in [0.29, 0.717) is 26.1 Å². The molecule has 3 aliphatic heterocycles. The largest absolute Gasteiger partial charge is 0.336 e. The molecule has 2 fully saturated rings. The highest BCUT2D eigenvalue weighted by Gasteiger charge is 2.37. The van der Waals surface area contributed by atoms with E-state index in [2.05, 4.69) is 11.4 Å². The molecular formula is C16H19N3O2. The molecule has 1 aromatic rings. The summed E-state index contributed by atoms with van der Waals surface area (Å²) in [5.74, 6) is 0.347. The molecule has 4 rings (SSSR count). The Hall–Kier alpha value is -1.88. The highest BCUT2D eigenvalue weighted by atomic mass is 16.2. The van der Waals surface area contributed by atoms with Crippen LogP contribution in [0.4, 0.5) is 0 Å². The number of carbonyl (C=O) groups excluding carboxylic acids is 2. The molecular weight excluding hydrogens is 266 g/mol. The van der Waals surface area contributed by atoms with Crippen LogP contribution >= 0.6 is 0 Å². The van der Waals surface area contributed by atoms with Crippen LogP contribution in [0.3, 0.4) is 0 Å². The number of fused-ring (bicyclic) bond motifs is 2. The molecule has 0 radical (unpaired) electrons. The zero-order valence-corrected chi connectivity index (χ0v) is 12.0. The van der Waals surface area contributed by atoms with Gasteiger partial charge in [0, 0.05) is 50.7 Å². The van der Waals surface area contributed by atoms with Gasteiger partial charge in [0.25, 0.3) is 5.91 Å². The van der Waals surface area contributed by atoms with Crippen molar-refractivity contribution >= 4 is 11.8 Å². The molecule has 0 bridgehead atoms. The van der Waals surface area contributed by atoms with Crippen molar-refractivity contribution in [2.24, 2.45) is 0 Å². The van der Waals surface area contributed by atoms with Gasteiger partial charge in [-0.05, 0) is 29.7 Å². The van der Waals surface area contributed by atoms with Crippen LogP contribution in [-0.4, -0.2) is 47.3 Å². The van der Waals surface area contributed by atoms with Gasteiger partial charge in [-0.15, -0.1) is 0 Å². The van der Waals surface area contributed by atoms with E-state index in [1.807, 2.05) is 21.9 Å². The molecule has 0 aromatic heterocycles. The van der Waals surface area contributed by atoms with Crippen LogP contribution < -0.4 is 5.32 Å². The quantitative estimate of drug-likeness (QED) is 0.828. The van der Waals surface area contributed by atoms with Crippen LogP contribution in [-0.2, 0) is 17.9 Å². The van der Waals surface area contributed by atoms with E-state index in [0.717, 1.165) is 25.1 Å². The lowest BCUT2D eigenvalue weighted by Gasteiger charge is -2.37. The molecule has 21 heavy (non-hydrogen) atoms. The first kappa shape index (κ1) is 12.8. The molecule has 0 aliphatic carbocycles. The van der Waals surface area contributed by atoms with Gasteiger partial charge in [-0.2, -0.15) is 0 Å². The maximum atomic E-state index is 12.7. The third kappa shape index (κ3) is 2.12. The van der Waals surface area contributed by atoms with Crippen LogP contribution in [0.15, 0.2) is 18.2 Å². The number of rotatable bonds is 1. The third-order valence-electron chi connectivity index (χ3n) is 4.87. The van der Waals surface area contributed by atoms with Crippen molar-refractivity contribution < 1.29 is 9.59 Å². The van der Waals surface area contributed by atoms with Gasteiger partial charge in [0.2, 0.25) is 5.91 Å². The van der Waals surface area contributed by atoms with Crippen LogP contribution in [0.1, 0.15) is 34.3 Å². The van der Waals surface area contributed by atoms with Gasteiger partial charge in [0.1, 0.15) is 0 Å². The predicted molar refractivity (Wildman–Crippen MR) is 77.6 cm³/mol. The van der Waals surface area contributed by atoms with Gasteiger partial charge in [0.15, 0.2) is 0 Å². The zero-order valence-electron chi connectivity index (χ0n) is 12.0. The number of hydrogen-bond donors (Lipinski definition) is 1. The highest BCUT2D eigenvalue weighted by molar-refractivity contribution is 5.95. The second-order valence-electron chi connectivity index (χ2n) is 6.12. The van der Waals surface area contributed by atoms with Crippen molar-refractivity contribution in [1.82, 2.24) is 15.1 Å². The van der Waals surface area contributed by atoms with Crippen molar-refractivity contribution in [3.63, 3.8) is 0 Å². The van der Waals surface area contributed by atoms with Crippen LogP contribution in [0.2, 0.25) is 0 Å². The van der Waals surface area contributed by atoms with Crippen molar-refractivity contribution in [3.05, 3.63) is 34.9 Å². The molecule has 2 amide bonds. The Bertz CT molecular complexity index is 614. The summed E-state index contributed by atoms with van der Waals surface area (Å²) >= 11 is 0. The molecule has 1 N–H and O–H groups in total. The van der Waals surface area contributed by atoms with Crippen molar-refractivity contribution in [1.29, 1.82) is 0 Å². The summed E-state index contributed by atoms with van der Waals surface area (Å²) in [4.78, 5) is 28.2. The molecule has 1 atom stereocenters. The summed E-state index contributed by atoms with van der Waals surface area (Å²) in [5.41, 5.74) is 3.29. The van der Waals surface area contributed by atoms with Gasteiger partial charge in [-0.1, -0.05) is 6.07 Å². The molecule has 2 saturated heterocycles. The standard InChI is InChI=1S/C16H19N3O2/c20-15-4-3-14-10-18(5-6-19(14)15)16(21)11-1-2-12-8-17-9-13(12)7-11/h1-2,7,14,17H,3-6,8-10H2. The van der Waals surface area contributed by atoms with Gasteiger partial charge < -0.3 is 15.1 Å². The lowest BCUT2D eigenvalue weighted by atomic mass is 10.0. The first-order valence-electron chi connectivity index (χ1n) is 7.63. The molecule has 3 heterocycles. The molecule has 0 spiro atoms. The van der Waals surface area contributed by atoms with Crippen LogP contribution in [0.5, 0.6) is 0 Å². The molecule has 1 aromatic carbocycles. The number of nitrogens with zero attached hydrogens (tertiary/aromatic N) is 2. The Morgan fingerprint density at radius 3 is 2.95 bits per heavy atom. The van der Waals surface area contributed by atoms with E-state index >= 15 is 0 Å². The van der Waals surface area contributed by atoms with Crippen molar-refractivity contribution in [2.45, 2.75) is 32.0 Å². The van der Waals surface area contributed by atoms with E-state index in [4.69, 9.17) is 0 Å². The molecule has 110 valence electrons. The fourth-order valence-electron chi connectivity index (χ4n) is 3.66. The lowest BCUT2D eigenvalue weighted by molar-refractivity contribution is -0.130. The van der Waals surface area contributed by atoms with E-state index in [-0.39, 0.29) is 17.9 Å². The van der Waals surface area contributed by atoms with Crippen molar-refractivity contribution in [3.8, 4) is 0 Å². The Balaban J connectivity index is 1.52. The number of piperazine rings is 1. The minimum Gasteiger partial charge on any atom is -0.336 e. The molecule has 1 unspecified atom stereocenters. The summed E-state index contributed by atoms with van der Waals surface area (Å²) in [6.07, 6.45) is 1.52. The average Bonchev–Trinajstić information content (AvgIpc) is 3.12. The normalized spacial score (nSPS) is 24.2. The summed E-state index contributed by atoms with van der Waals surface area (Å²) in [7, 11) is 0. The zero-order chi connectivity index (χ0) is 14.4. The van der Waals surface area contributed by atoms with E-state index in [1.165, 1.54) is 11.1 Å². The van der Waals surface area contributed by atoms with Gasteiger partial charge >= 0.3 is 0 Å².